The molecule has 1 heterocycles. The first-order chi connectivity index (χ1) is 10.2. The van der Waals surface area contributed by atoms with E-state index in [1.807, 2.05) is 26.0 Å². The molecule has 0 amide bonds. The summed E-state index contributed by atoms with van der Waals surface area (Å²) in [4.78, 5) is 0. The molecular formula is C17H22N2O2. The standard InChI is InChI=1S/C17H22N2O2/c1-11-17(12(2)21-19-11)10-18-15-8-14(9-15)13-4-6-16(20-3)7-5-13/h4-7,14-15,18H,8-10H2,1-3H3. The van der Waals surface area contributed by atoms with Crippen molar-refractivity contribution in [2.24, 2.45) is 0 Å². The molecule has 0 atom stereocenters. The van der Waals surface area contributed by atoms with Crippen LogP contribution in [0.1, 0.15) is 41.3 Å². The van der Waals surface area contributed by atoms with Crippen LogP contribution in [0.4, 0.5) is 0 Å². The molecule has 1 N–H and O–H groups in total. The van der Waals surface area contributed by atoms with Crippen molar-refractivity contribution < 1.29 is 9.26 Å². The van der Waals surface area contributed by atoms with Gasteiger partial charge in [-0.2, -0.15) is 0 Å². The van der Waals surface area contributed by atoms with Crippen molar-refractivity contribution >= 4 is 0 Å². The quantitative estimate of drug-likeness (QED) is 0.916. The van der Waals surface area contributed by atoms with Crippen LogP contribution >= 0.6 is 0 Å². The fourth-order valence-corrected chi connectivity index (χ4v) is 2.93. The minimum absolute atomic E-state index is 0.589. The Morgan fingerprint density at radius 2 is 1.95 bits per heavy atom. The van der Waals surface area contributed by atoms with Crippen molar-refractivity contribution in [2.45, 2.75) is 45.2 Å². The van der Waals surface area contributed by atoms with E-state index >= 15 is 0 Å². The Morgan fingerprint density at radius 1 is 1.24 bits per heavy atom. The van der Waals surface area contributed by atoms with E-state index in [-0.39, 0.29) is 0 Å². The average molecular weight is 286 g/mol. The molecule has 0 saturated heterocycles. The Hall–Kier alpha value is -1.81. The van der Waals surface area contributed by atoms with Crippen LogP contribution in [0.5, 0.6) is 5.75 Å². The molecule has 1 aromatic heterocycles. The second-order valence-corrected chi connectivity index (χ2v) is 5.82. The van der Waals surface area contributed by atoms with Crippen LogP contribution in [-0.2, 0) is 6.54 Å². The van der Waals surface area contributed by atoms with Gasteiger partial charge in [-0.25, -0.2) is 0 Å². The Labute approximate surface area is 125 Å². The summed E-state index contributed by atoms with van der Waals surface area (Å²) in [5, 5.41) is 7.59. The predicted molar refractivity (Wildman–Crippen MR) is 81.6 cm³/mol. The van der Waals surface area contributed by atoms with Crippen molar-refractivity contribution in [2.75, 3.05) is 7.11 Å². The zero-order valence-corrected chi connectivity index (χ0v) is 12.8. The fourth-order valence-electron chi connectivity index (χ4n) is 2.93. The van der Waals surface area contributed by atoms with Gasteiger partial charge in [-0.3, -0.25) is 0 Å². The van der Waals surface area contributed by atoms with Crippen LogP contribution in [0.15, 0.2) is 28.8 Å². The molecule has 0 bridgehead atoms. The van der Waals surface area contributed by atoms with Crippen molar-refractivity contribution in [3.05, 3.63) is 46.8 Å². The van der Waals surface area contributed by atoms with Gasteiger partial charge in [-0.15, -0.1) is 0 Å². The number of hydrogen-bond donors (Lipinski definition) is 1. The molecule has 4 nitrogen and oxygen atoms in total. The first-order valence-electron chi connectivity index (χ1n) is 7.46. The number of hydrogen-bond acceptors (Lipinski definition) is 4. The van der Waals surface area contributed by atoms with Gasteiger partial charge in [0, 0.05) is 18.2 Å². The number of rotatable bonds is 5. The lowest BCUT2D eigenvalue weighted by atomic mass is 9.76. The second kappa shape index (κ2) is 5.90. The number of aryl methyl sites for hydroxylation is 2. The number of ether oxygens (including phenoxy) is 1. The summed E-state index contributed by atoms with van der Waals surface area (Å²) in [6, 6.07) is 9.02. The highest BCUT2D eigenvalue weighted by molar-refractivity contribution is 5.31. The normalized spacial score (nSPS) is 21.1. The zero-order chi connectivity index (χ0) is 14.8. The van der Waals surface area contributed by atoms with Crippen LogP contribution in [0.2, 0.25) is 0 Å². The van der Waals surface area contributed by atoms with Gasteiger partial charge in [-0.05, 0) is 50.3 Å². The maximum atomic E-state index is 5.20. The topological polar surface area (TPSA) is 47.3 Å². The van der Waals surface area contributed by atoms with Crippen molar-refractivity contribution in [1.29, 1.82) is 0 Å². The highest BCUT2D eigenvalue weighted by Gasteiger charge is 2.30. The van der Waals surface area contributed by atoms with E-state index in [9.17, 15) is 0 Å². The van der Waals surface area contributed by atoms with Crippen LogP contribution in [0.3, 0.4) is 0 Å². The molecule has 1 aromatic carbocycles. The van der Waals surface area contributed by atoms with Gasteiger partial charge in [0.05, 0.1) is 12.8 Å². The summed E-state index contributed by atoms with van der Waals surface area (Å²) in [5.41, 5.74) is 3.60. The summed E-state index contributed by atoms with van der Waals surface area (Å²) in [5.74, 6) is 2.51. The van der Waals surface area contributed by atoms with E-state index in [0.29, 0.717) is 12.0 Å². The molecule has 112 valence electrons. The molecule has 1 aliphatic rings. The Balaban J connectivity index is 1.49. The van der Waals surface area contributed by atoms with Crippen LogP contribution in [0.25, 0.3) is 0 Å². The van der Waals surface area contributed by atoms with Gasteiger partial charge >= 0.3 is 0 Å². The molecule has 1 fully saturated rings. The highest BCUT2D eigenvalue weighted by atomic mass is 16.5. The Kier molecular flexibility index (Phi) is 3.97. The third kappa shape index (κ3) is 2.95. The monoisotopic (exact) mass is 286 g/mol. The lowest BCUT2D eigenvalue weighted by molar-refractivity contribution is 0.288. The van der Waals surface area contributed by atoms with Crippen molar-refractivity contribution in [1.82, 2.24) is 10.5 Å². The first kappa shape index (κ1) is 14.1. The third-order valence-corrected chi connectivity index (χ3v) is 4.47. The van der Waals surface area contributed by atoms with E-state index in [4.69, 9.17) is 9.26 Å². The molecule has 2 aromatic rings. The largest absolute Gasteiger partial charge is 0.497 e. The number of methoxy groups -OCH3 is 1. The van der Waals surface area contributed by atoms with E-state index in [1.165, 1.54) is 24.0 Å². The van der Waals surface area contributed by atoms with E-state index in [1.54, 1.807) is 7.11 Å². The summed E-state index contributed by atoms with van der Waals surface area (Å²) in [6.07, 6.45) is 2.38. The van der Waals surface area contributed by atoms with Gasteiger partial charge in [0.25, 0.3) is 0 Å². The second-order valence-electron chi connectivity index (χ2n) is 5.82. The molecule has 0 radical (unpaired) electrons. The number of benzene rings is 1. The van der Waals surface area contributed by atoms with E-state index in [2.05, 4.69) is 22.6 Å². The van der Waals surface area contributed by atoms with Crippen LogP contribution in [0, 0.1) is 13.8 Å². The molecular weight excluding hydrogens is 264 g/mol. The molecule has 3 rings (SSSR count). The fraction of sp³-hybridized carbons (Fsp3) is 0.471. The first-order valence-corrected chi connectivity index (χ1v) is 7.46. The predicted octanol–water partition coefficient (Wildman–Crippen LogP) is 3.34. The van der Waals surface area contributed by atoms with Gasteiger partial charge in [0.15, 0.2) is 0 Å². The third-order valence-electron chi connectivity index (χ3n) is 4.47. The lowest BCUT2D eigenvalue weighted by Crippen LogP contribution is -2.39. The summed E-state index contributed by atoms with van der Waals surface area (Å²) < 4.78 is 10.4. The molecule has 1 aliphatic carbocycles. The van der Waals surface area contributed by atoms with Crippen LogP contribution in [-0.4, -0.2) is 18.3 Å². The number of aromatic nitrogens is 1. The number of nitrogens with zero attached hydrogens (tertiary/aromatic N) is 1. The van der Waals surface area contributed by atoms with Crippen molar-refractivity contribution in [3.8, 4) is 5.75 Å². The molecule has 0 aliphatic heterocycles. The van der Waals surface area contributed by atoms with Gasteiger partial charge < -0.3 is 14.6 Å². The van der Waals surface area contributed by atoms with E-state index < -0.39 is 0 Å². The number of nitrogens with one attached hydrogen (secondary N) is 1. The summed E-state index contributed by atoms with van der Waals surface area (Å²) in [6.45, 7) is 4.81. The van der Waals surface area contributed by atoms with Crippen LogP contribution < -0.4 is 10.1 Å². The SMILES string of the molecule is COc1ccc(C2CC(NCc3c(C)noc3C)C2)cc1. The zero-order valence-electron chi connectivity index (χ0n) is 12.8. The maximum absolute atomic E-state index is 5.20. The smallest absolute Gasteiger partial charge is 0.138 e. The minimum atomic E-state index is 0.589. The summed E-state index contributed by atoms with van der Waals surface area (Å²) in [7, 11) is 1.70. The maximum Gasteiger partial charge on any atom is 0.138 e. The van der Waals surface area contributed by atoms with Gasteiger partial charge in [0.2, 0.25) is 0 Å². The Bertz CT molecular complexity index is 578. The Morgan fingerprint density at radius 3 is 2.52 bits per heavy atom. The molecule has 1 saturated carbocycles. The highest BCUT2D eigenvalue weighted by Crippen LogP contribution is 2.37. The minimum Gasteiger partial charge on any atom is -0.497 e. The molecule has 0 unspecified atom stereocenters. The lowest BCUT2D eigenvalue weighted by Gasteiger charge is -2.36. The molecule has 0 spiro atoms. The average Bonchev–Trinajstić information content (AvgIpc) is 2.77. The summed E-state index contributed by atoms with van der Waals surface area (Å²) >= 11 is 0. The van der Waals surface area contributed by atoms with E-state index in [0.717, 1.165) is 23.7 Å². The van der Waals surface area contributed by atoms with Gasteiger partial charge in [0.1, 0.15) is 11.5 Å². The van der Waals surface area contributed by atoms with Crippen molar-refractivity contribution in [3.63, 3.8) is 0 Å². The molecule has 21 heavy (non-hydrogen) atoms. The van der Waals surface area contributed by atoms with Gasteiger partial charge in [-0.1, -0.05) is 17.3 Å². The molecule has 4 heteroatoms.